The summed E-state index contributed by atoms with van der Waals surface area (Å²) >= 11 is 0. The molecule has 0 aliphatic carbocycles. The maximum absolute atomic E-state index is 12.6. The average molecular weight is 495 g/mol. The van der Waals surface area contributed by atoms with E-state index in [0.717, 1.165) is 37.6 Å². The first kappa shape index (κ1) is 25.1. The second-order valence-electron chi connectivity index (χ2n) is 8.68. The lowest BCUT2D eigenvalue weighted by molar-refractivity contribution is -0.140. The highest BCUT2D eigenvalue weighted by Crippen LogP contribution is 2.34. The van der Waals surface area contributed by atoms with Crippen molar-refractivity contribution in [3.8, 4) is 17.2 Å². The second kappa shape index (κ2) is 11.2. The van der Waals surface area contributed by atoms with Gasteiger partial charge in [-0.3, -0.25) is 14.5 Å². The van der Waals surface area contributed by atoms with E-state index in [4.69, 9.17) is 13.9 Å². The van der Waals surface area contributed by atoms with Gasteiger partial charge in [0, 0.05) is 37.9 Å². The van der Waals surface area contributed by atoms with Crippen molar-refractivity contribution in [3.63, 3.8) is 0 Å². The molecule has 2 N–H and O–H groups in total. The minimum atomic E-state index is -0.752. The Kier molecular flexibility index (Phi) is 7.80. The Morgan fingerprint density at radius 1 is 1.00 bits per heavy atom. The first-order valence-electron chi connectivity index (χ1n) is 11.7. The number of benzene rings is 2. The first-order chi connectivity index (χ1) is 17.4. The third-order valence-corrected chi connectivity index (χ3v) is 6.40. The Balaban J connectivity index is 1.52. The molecule has 2 aromatic carbocycles. The lowest BCUT2D eigenvalue weighted by atomic mass is 9.92. The molecular formula is C27H30N2O7. The van der Waals surface area contributed by atoms with Gasteiger partial charge in [-0.2, -0.15) is 0 Å². The van der Waals surface area contributed by atoms with Crippen molar-refractivity contribution in [2.75, 3.05) is 45.3 Å². The number of phenolic OH excluding ortho intramolecular Hbond substituents is 1. The summed E-state index contributed by atoms with van der Waals surface area (Å²) < 4.78 is 16.1. The maximum atomic E-state index is 12.6. The van der Waals surface area contributed by atoms with Crippen LogP contribution < -0.4 is 15.1 Å². The summed E-state index contributed by atoms with van der Waals surface area (Å²) in [5.74, 6) is -0.528. The Labute approximate surface area is 209 Å². The topological polar surface area (TPSA) is 113 Å². The number of piperazine rings is 1. The SMILES string of the molecule is COC(=O)C[C@@H](c1ccc(O)cc1)c1oc(CN2CCN(c3ccc(OC)cc3)CC2)cc(=O)c1O. The summed E-state index contributed by atoms with van der Waals surface area (Å²) in [7, 11) is 2.91. The number of methoxy groups -OCH3 is 2. The van der Waals surface area contributed by atoms with E-state index >= 15 is 0 Å². The predicted molar refractivity (Wildman–Crippen MR) is 134 cm³/mol. The van der Waals surface area contributed by atoms with E-state index in [1.165, 1.54) is 25.3 Å². The Morgan fingerprint density at radius 3 is 2.28 bits per heavy atom. The molecule has 1 saturated heterocycles. The van der Waals surface area contributed by atoms with Crippen LogP contribution in [0.3, 0.4) is 0 Å². The van der Waals surface area contributed by atoms with Crippen molar-refractivity contribution in [1.82, 2.24) is 4.90 Å². The molecule has 0 spiro atoms. The number of ether oxygens (including phenoxy) is 2. The van der Waals surface area contributed by atoms with Gasteiger partial charge in [0.05, 0.1) is 33.1 Å². The van der Waals surface area contributed by atoms with Crippen molar-refractivity contribution in [1.29, 1.82) is 0 Å². The van der Waals surface area contributed by atoms with E-state index in [1.54, 1.807) is 19.2 Å². The fourth-order valence-electron chi connectivity index (χ4n) is 4.37. The van der Waals surface area contributed by atoms with Crippen LogP contribution >= 0.6 is 0 Å². The van der Waals surface area contributed by atoms with Crippen molar-refractivity contribution in [2.45, 2.75) is 18.9 Å². The highest BCUT2D eigenvalue weighted by molar-refractivity contribution is 5.71. The molecule has 36 heavy (non-hydrogen) atoms. The van der Waals surface area contributed by atoms with Crippen LogP contribution in [0.1, 0.15) is 29.4 Å². The van der Waals surface area contributed by atoms with Crippen molar-refractivity contribution < 1.29 is 28.9 Å². The number of esters is 1. The van der Waals surface area contributed by atoms with Gasteiger partial charge in [0.1, 0.15) is 17.3 Å². The zero-order chi connectivity index (χ0) is 25.7. The zero-order valence-electron chi connectivity index (χ0n) is 20.3. The minimum Gasteiger partial charge on any atom is -0.508 e. The Bertz CT molecular complexity index is 1230. The van der Waals surface area contributed by atoms with Gasteiger partial charge in [-0.15, -0.1) is 0 Å². The normalized spacial score (nSPS) is 14.9. The van der Waals surface area contributed by atoms with E-state index in [2.05, 4.69) is 9.80 Å². The van der Waals surface area contributed by atoms with E-state index < -0.39 is 23.1 Å². The van der Waals surface area contributed by atoms with Gasteiger partial charge in [-0.1, -0.05) is 12.1 Å². The second-order valence-corrected chi connectivity index (χ2v) is 8.68. The third-order valence-electron chi connectivity index (χ3n) is 6.40. The van der Waals surface area contributed by atoms with Crippen LogP contribution in [0, 0.1) is 0 Å². The van der Waals surface area contributed by atoms with E-state index in [0.29, 0.717) is 17.9 Å². The minimum absolute atomic E-state index is 0.00505. The van der Waals surface area contributed by atoms with Crippen molar-refractivity contribution >= 4 is 11.7 Å². The fraction of sp³-hybridized carbons (Fsp3) is 0.333. The maximum Gasteiger partial charge on any atom is 0.306 e. The number of carbonyl (C=O) groups is 1. The fourth-order valence-corrected chi connectivity index (χ4v) is 4.37. The summed E-state index contributed by atoms with van der Waals surface area (Å²) in [4.78, 5) is 29.2. The standard InChI is InChI=1S/C27H30N2O7/c1-34-21-9-5-19(6-10-21)29-13-11-28(12-14-29)17-22-15-24(31)26(33)27(36-22)23(16-25(32)35-2)18-3-7-20(30)8-4-18/h3-10,15,23,30,33H,11-14,16-17H2,1-2H3/t23-/m0/s1. The highest BCUT2D eigenvalue weighted by atomic mass is 16.5. The molecule has 0 radical (unpaired) electrons. The highest BCUT2D eigenvalue weighted by Gasteiger charge is 2.27. The molecule has 2 heterocycles. The van der Waals surface area contributed by atoms with E-state index in [9.17, 15) is 19.8 Å². The monoisotopic (exact) mass is 494 g/mol. The lowest BCUT2D eigenvalue weighted by Gasteiger charge is -2.36. The summed E-state index contributed by atoms with van der Waals surface area (Å²) in [6, 6.07) is 15.4. The summed E-state index contributed by atoms with van der Waals surface area (Å²) in [5, 5.41) is 20.2. The number of nitrogens with zero attached hydrogens (tertiary/aromatic N) is 2. The summed E-state index contributed by atoms with van der Waals surface area (Å²) in [6.45, 7) is 3.52. The van der Waals surface area contributed by atoms with Gasteiger partial charge < -0.3 is 29.0 Å². The van der Waals surface area contributed by atoms with E-state index in [-0.39, 0.29) is 17.9 Å². The van der Waals surface area contributed by atoms with Gasteiger partial charge in [-0.05, 0) is 42.0 Å². The number of carbonyl (C=O) groups excluding carboxylic acids is 1. The number of hydrogen-bond acceptors (Lipinski definition) is 9. The molecule has 1 aliphatic heterocycles. The van der Waals surface area contributed by atoms with Crippen LogP contribution in [0.15, 0.2) is 63.8 Å². The Morgan fingerprint density at radius 2 is 1.67 bits per heavy atom. The molecule has 1 fully saturated rings. The number of phenols is 1. The van der Waals surface area contributed by atoms with Gasteiger partial charge >= 0.3 is 5.97 Å². The van der Waals surface area contributed by atoms with Crippen LogP contribution in [0.4, 0.5) is 5.69 Å². The van der Waals surface area contributed by atoms with Gasteiger partial charge in [0.2, 0.25) is 11.2 Å². The number of rotatable bonds is 8. The molecule has 1 aliphatic rings. The molecule has 0 saturated carbocycles. The van der Waals surface area contributed by atoms with Crippen molar-refractivity contribution in [2.24, 2.45) is 0 Å². The molecule has 0 unspecified atom stereocenters. The number of anilines is 1. The van der Waals surface area contributed by atoms with Crippen LogP contribution in [0.25, 0.3) is 0 Å². The van der Waals surface area contributed by atoms with Crippen LogP contribution in [-0.2, 0) is 16.1 Å². The quantitative estimate of drug-likeness (QED) is 0.456. The van der Waals surface area contributed by atoms with Crippen LogP contribution in [0.2, 0.25) is 0 Å². The predicted octanol–water partition coefficient (Wildman–Crippen LogP) is 3.08. The first-order valence-corrected chi connectivity index (χ1v) is 11.7. The molecule has 190 valence electrons. The summed E-state index contributed by atoms with van der Waals surface area (Å²) in [6.07, 6.45) is -0.137. The van der Waals surface area contributed by atoms with Crippen molar-refractivity contribution in [3.05, 3.63) is 81.9 Å². The number of aromatic hydroxyl groups is 2. The largest absolute Gasteiger partial charge is 0.508 e. The Hall–Kier alpha value is -3.98. The molecule has 0 bridgehead atoms. The average Bonchev–Trinajstić information content (AvgIpc) is 2.90. The van der Waals surface area contributed by atoms with Gasteiger partial charge in [0.25, 0.3) is 0 Å². The molecule has 0 amide bonds. The molecule has 1 atom stereocenters. The van der Waals surface area contributed by atoms with Gasteiger partial charge in [-0.25, -0.2) is 0 Å². The molecule has 9 nitrogen and oxygen atoms in total. The molecule has 4 rings (SSSR count). The summed E-state index contributed by atoms with van der Waals surface area (Å²) in [5.41, 5.74) is 1.15. The smallest absolute Gasteiger partial charge is 0.306 e. The molecule has 3 aromatic rings. The lowest BCUT2D eigenvalue weighted by Crippen LogP contribution is -2.46. The molecular weight excluding hydrogens is 464 g/mol. The third kappa shape index (κ3) is 5.80. The van der Waals surface area contributed by atoms with Crippen LogP contribution in [0.5, 0.6) is 17.2 Å². The number of hydrogen-bond donors (Lipinski definition) is 2. The zero-order valence-corrected chi connectivity index (χ0v) is 20.3. The molecule has 9 heteroatoms. The van der Waals surface area contributed by atoms with Gasteiger partial charge in [0.15, 0.2) is 5.76 Å². The van der Waals surface area contributed by atoms with Crippen LogP contribution in [-0.4, -0.2) is 61.5 Å². The molecule has 1 aromatic heterocycles. The van der Waals surface area contributed by atoms with E-state index in [1.807, 2.05) is 24.3 Å².